The van der Waals surface area contributed by atoms with Gasteiger partial charge in [-0.05, 0) is 24.1 Å². The van der Waals surface area contributed by atoms with E-state index in [1.165, 1.54) is 0 Å². The highest BCUT2D eigenvalue weighted by Crippen LogP contribution is 2.27. The van der Waals surface area contributed by atoms with E-state index >= 15 is 0 Å². The van der Waals surface area contributed by atoms with Gasteiger partial charge in [0.2, 0.25) is 0 Å². The highest BCUT2D eigenvalue weighted by molar-refractivity contribution is 7.91. The van der Waals surface area contributed by atoms with Crippen LogP contribution in [0.5, 0.6) is 5.75 Å². The number of likely N-dealkylation sites (N-methyl/N-ethyl adjacent to an activating group) is 1. The minimum atomic E-state index is -3.07. The average molecular weight is 385 g/mol. The molecule has 0 radical (unpaired) electrons. The Morgan fingerprint density at radius 1 is 1.11 bits per heavy atom. The summed E-state index contributed by atoms with van der Waals surface area (Å²) >= 11 is 0. The zero-order valence-electron chi connectivity index (χ0n) is 15.5. The summed E-state index contributed by atoms with van der Waals surface area (Å²) in [5.74, 6) is 0.622. The molecule has 0 aliphatic carbocycles. The molecule has 1 heterocycles. The number of ether oxygens (including phenoxy) is 1. The van der Waals surface area contributed by atoms with Crippen LogP contribution in [0, 0.1) is 0 Å². The SMILES string of the molecule is COc1ccccc1C=C(C(=O)N(C)C1CCS(=O)(=O)C1)c1ccccc1. The van der Waals surface area contributed by atoms with Crippen LogP contribution in [0.25, 0.3) is 11.6 Å². The Kier molecular flexibility index (Phi) is 5.65. The van der Waals surface area contributed by atoms with Crippen LogP contribution in [0.2, 0.25) is 0 Å². The van der Waals surface area contributed by atoms with Crippen molar-refractivity contribution in [3.8, 4) is 5.75 Å². The quantitative estimate of drug-likeness (QED) is 0.586. The summed E-state index contributed by atoms with van der Waals surface area (Å²) in [4.78, 5) is 14.8. The monoisotopic (exact) mass is 385 g/mol. The van der Waals surface area contributed by atoms with Crippen LogP contribution < -0.4 is 4.74 Å². The number of carbonyl (C=O) groups excluding carboxylic acids is 1. The fourth-order valence-corrected chi connectivity index (χ4v) is 5.04. The fraction of sp³-hybridized carbons (Fsp3) is 0.286. The zero-order chi connectivity index (χ0) is 19.4. The first-order valence-corrected chi connectivity index (χ1v) is 10.6. The van der Waals surface area contributed by atoms with Gasteiger partial charge in [0.15, 0.2) is 9.84 Å². The predicted molar refractivity (Wildman–Crippen MR) is 107 cm³/mol. The second-order valence-corrected chi connectivity index (χ2v) is 8.87. The molecule has 142 valence electrons. The first-order chi connectivity index (χ1) is 12.9. The van der Waals surface area contributed by atoms with E-state index in [0.29, 0.717) is 17.7 Å². The molecule has 1 fully saturated rings. The number of nitrogens with zero attached hydrogens (tertiary/aromatic N) is 1. The van der Waals surface area contributed by atoms with Crippen LogP contribution >= 0.6 is 0 Å². The lowest BCUT2D eigenvalue weighted by Crippen LogP contribution is -2.38. The van der Waals surface area contributed by atoms with E-state index in [9.17, 15) is 13.2 Å². The molecule has 1 atom stereocenters. The molecule has 27 heavy (non-hydrogen) atoms. The number of hydrogen-bond acceptors (Lipinski definition) is 4. The summed E-state index contributed by atoms with van der Waals surface area (Å²) in [5, 5.41) is 0. The number of carbonyl (C=O) groups is 1. The second-order valence-electron chi connectivity index (χ2n) is 6.64. The highest BCUT2D eigenvalue weighted by atomic mass is 32.2. The van der Waals surface area contributed by atoms with E-state index in [-0.39, 0.29) is 23.5 Å². The lowest BCUT2D eigenvalue weighted by Gasteiger charge is -2.25. The Morgan fingerprint density at radius 3 is 2.41 bits per heavy atom. The summed E-state index contributed by atoms with van der Waals surface area (Å²) in [6.45, 7) is 0. The molecule has 0 spiro atoms. The van der Waals surface area contributed by atoms with E-state index in [0.717, 1.165) is 11.1 Å². The number of para-hydroxylation sites is 1. The lowest BCUT2D eigenvalue weighted by atomic mass is 10.0. The molecule has 6 heteroatoms. The Balaban J connectivity index is 2.00. The summed E-state index contributed by atoms with van der Waals surface area (Å²) in [7, 11) is 0.196. The maximum atomic E-state index is 13.3. The summed E-state index contributed by atoms with van der Waals surface area (Å²) in [6, 6.07) is 16.6. The fourth-order valence-electron chi connectivity index (χ4n) is 3.26. The molecular weight excluding hydrogens is 362 g/mol. The lowest BCUT2D eigenvalue weighted by molar-refractivity contribution is -0.125. The van der Waals surface area contributed by atoms with Crippen LogP contribution in [0.3, 0.4) is 0 Å². The van der Waals surface area contributed by atoms with Crippen molar-refractivity contribution in [2.45, 2.75) is 12.5 Å². The molecule has 2 aromatic rings. The molecule has 0 saturated carbocycles. The number of amides is 1. The van der Waals surface area contributed by atoms with Crippen LogP contribution in [0.1, 0.15) is 17.5 Å². The van der Waals surface area contributed by atoms with Crippen molar-refractivity contribution < 1.29 is 17.9 Å². The van der Waals surface area contributed by atoms with Crippen LogP contribution in [-0.2, 0) is 14.6 Å². The average Bonchev–Trinajstić information content (AvgIpc) is 3.05. The Labute approximate surface area is 160 Å². The molecule has 1 unspecified atom stereocenters. The van der Waals surface area contributed by atoms with E-state index in [4.69, 9.17) is 4.74 Å². The normalized spacial score (nSPS) is 18.9. The second kappa shape index (κ2) is 7.96. The van der Waals surface area contributed by atoms with Gasteiger partial charge in [-0.1, -0.05) is 48.5 Å². The summed E-state index contributed by atoms with van der Waals surface area (Å²) in [6.07, 6.45) is 2.28. The Hall–Kier alpha value is -2.60. The highest BCUT2D eigenvalue weighted by Gasteiger charge is 2.33. The van der Waals surface area contributed by atoms with E-state index in [1.807, 2.05) is 54.6 Å². The largest absolute Gasteiger partial charge is 0.496 e. The zero-order valence-corrected chi connectivity index (χ0v) is 16.3. The van der Waals surface area contributed by atoms with E-state index in [1.54, 1.807) is 25.1 Å². The number of sulfone groups is 1. The van der Waals surface area contributed by atoms with Gasteiger partial charge in [0.05, 0.1) is 18.6 Å². The number of rotatable bonds is 5. The molecule has 2 aromatic carbocycles. The van der Waals surface area contributed by atoms with Gasteiger partial charge in [0.25, 0.3) is 5.91 Å². The predicted octanol–water partition coefficient (Wildman–Crippen LogP) is 2.88. The number of methoxy groups -OCH3 is 1. The first-order valence-electron chi connectivity index (χ1n) is 8.79. The van der Waals surface area contributed by atoms with Gasteiger partial charge in [-0.3, -0.25) is 4.79 Å². The van der Waals surface area contributed by atoms with E-state index in [2.05, 4.69) is 0 Å². The number of benzene rings is 2. The maximum Gasteiger partial charge on any atom is 0.254 e. The molecule has 0 bridgehead atoms. The molecule has 3 rings (SSSR count). The van der Waals surface area contributed by atoms with Gasteiger partial charge in [0, 0.05) is 24.2 Å². The van der Waals surface area contributed by atoms with Gasteiger partial charge >= 0.3 is 0 Å². The topological polar surface area (TPSA) is 63.7 Å². The van der Waals surface area contributed by atoms with Gasteiger partial charge < -0.3 is 9.64 Å². The van der Waals surface area contributed by atoms with Gasteiger partial charge in [0.1, 0.15) is 5.75 Å². The van der Waals surface area contributed by atoms with Crippen LogP contribution in [-0.4, -0.2) is 50.9 Å². The summed E-state index contributed by atoms with van der Waals surface area (Å²) < 4.78 is 29.0. The standard InChI is InChI=1S/C21H23NO4S/c1-22(18-12-13-27(24,25)15-18)21(23)19(16-8-4-3-5-9-16)14-17-10-6-7-11-20(17)26-2/h3-11,14,18H,12-13,15H2,1-2H3. The maximum absolute atomic E-state index is 13.3. The molecule has 1 aliphatic rings. The van der Waals surface area contributed by atoms with Crippen LogP contribution in [0.4, 0.5) is 0 Å². The van der Waals surface area contributed by atoms with Crippen molar-refractivity contribution in [3.63, 3.8) is 0 Å². The third-order valence-corrected chi connectivity index (χ3v) is 6.58. The molecule has 5 nitrogen and oxygen atoms in total. The summed E-state index contributed by atoms with van der Waals surface area (Å²) in [5.41, 5.74) is 2.08. The third kappa shape index (κ3) is 4.39. The third-order valence-electron chi connectivity index (χ3n) is 4.83. The van der Waals surface area contributed by atoms with Crippen molar-refractivity contribution in [1.29, 1.82) is 0 Å². The van der Waals surface area contributed by atoms with Gasteiger partial charge in [-0.15, -0.1) is 0 Å². The Bertz CT molecular complexity index is 951. The Morgan fingerprint density at radius 2 is 1.78 bits per heavy atom. The van der Waals surface area contributed by atoms with Crippen molar-refractivity contribution >= 4 is 27.4 Å². The molecule has 0 aromatic heterocycles. The van der Waals surface area contributed by atoms with Crippen molar-refractivity contribution in [2.24, 2.45) is 0 Å². The first kappa shape index (κ1) is 19.2. The van der Waals surface area contributed by atoms with Crippen molar-refractivity contribution in [2.75, 3.05) is 25.7 Å². The molecule has 1 amide bonds. The molecule has 1 aliphatic heterocycles. The molecule has 1 saturated heterocycles. The number of hydrogen-bond donors (Lipinski definition) is 0. The van der Waals surface area contributed by atoms with Crippen molar-refractivity contribution in [3.05, 3.63) is 65.7 Å². The molecular formula is C21H23NO4S. The van der Waals surface area contributed by atoms with Crippen LogP contribution in [0.15, 0.2) is 54.6 Å². The molecule has 0 N–H and O–H groups in total. The van der Waals surface area contributed by atoms with Gasteiger partial charge in [-0.2, -0.15) is 0 Å². The minimum absolute atomic E-state index is 0.0198. The minimum Gasteiger partial charge on any atom is -0.496 e. The van der Waals surface area contributed by atoms with Gasteiger partial charge in [-0.25, -0.2) is 8.42 Å². The van der Waals surface area contributed by atoms with Crippen molar-refractivity contribution in [1.82, 2.24) is 4.90 Å². The smallest absolute Gasteiger partial charge is 0.254 e. The van der Waals surface area contributed by atoms with E-state index < -0.39 is 9.84 Å².